The number of Topliss-reactive ketones (excluding diaryl/α,β-unsaturated/α-hetero) is 1. The van der Waals surface area contributed by atoms with Crippen LogP contribution in [0.25, 0.3) is 11.0 Å². The molecule has 0 aliphatic carbocycles. The van der Waals surface area contributed by atoms with Crippen LogP contribution >= 0.6 is 0 Å². The number of ether oxygens (including phenoxy) is 1. The molecule has 0 bridgehead atoms. The first kappa shape index (κ1) is 12.8. The van der Waals surface area contributed by atoms with Gasteiger partial charge in [-0.25, -0.2) is 0 Å². The van der Waals surface area contributed by atoms with Gasteiger partial charge < -0.3 is 9.15 Å². The van der Waals surface area contributed by atoms with Gasteiger partial charge in [-0.15, -0.1) is 0 Å². The zero-order valence-corrected chi connectivity index (χ0v) is 11.0. The molecule has 0 amide bonds. The summed E-state index contributed by atoms with van der Waals surface area (Å²) < 4.78 is 11.0. The van der Waals surface area contributed by atoms with Crippen LogP contribution in [0.1, 0.15) is 37.6 Å². The largest absolute Gasteiger partial charge is 0.464 e. The monoisotopic (exact) mass is 246 g/mol. The van der Waals surface area contributed by atoms with Gasteiger partial charge >= 0.3 is 0 Å². The van der Waals surface area contributed by atoms with Gasteiger partial charge in [-0.05, 0) is 26.3 Å². The van der Waals surface area contributed by atoms with Crippen molar-refractivity contribution in [3.8, 4) is 0 Å². The maximum Gasteiger partial charge on any atom is 0.192 e. The van der Waals surface area contributed by atoms with E-state index in [-0.39, 0.29) is 18.0 Å². The lowest BCUT2D eigenvalue weighted by atomic mass is 10.1. The number of fused-ring (bicyclic) bond motifs is 1. The summed E-state index contributed by atoms with van der Waals surface area (Å²) in [6.07, 6.45) is 2.38. The van der Waals surface area contributed by atoms with Crippen LogP contribution in [0.15, 0.2) is 34.9 Å². The molecule has 0 aliphatic rings. The SMILES string of the molecule is CCC(C)(C)OCC(=O)c1coc2ccccc12. The normalized spacial score (nSPS) is 11.9. The molecule has 0 N–H and O–H groups in total. The van der Waals surface area contributed by atoms with E-state index in [9.17, 15) is 4.79 Å². The van der Waals surface area contributed by atoms with Crippen LogP contribution in [0.3, 0.4) is 0 Å². The minimum absolute atomic E-state index is 0.0403. The average molecular weight is 246 g/mol. The summed E-state index contributed by atoms with van der Waals surface area (Å²) in [5, 5.41) is 0.848. The molecule has 0 saturated heterocycles. The molecular formula is C15H18O3. The van der Waals surface area contributed by atoms with Crippen molar-refractivity contribution in [3.05, 3.63) is 36.1 Å². The van der Waals surface area contributed by atoms with Gasteiger partial charge in [0, 0.05) is 5.39 Å². The predicted octanol–water partition coefficient (Wildman–Crippen LogP) is 3.82. The Morgan fingerprint density at radius 1 is 1.33 bits per heavy atom. The first-order chi connectivity index (χ1) is 8.53. The zero-order chi connectivity index (χ0) is 13.2. The highest BCUT2D eigenvalue weighted by atomic mass is 16.5. The van der Waals surface area contributed by atoms with E-state index in [2.05, 4.69) is 0 Å². The fourth-order valence-electron chi connectivity index (χ4n) is 1.63. The van der Waals surface area contributed by atoms with Crippen molar-refractivity contribution in [1.29, 1.82) is 0 Å². The van der Waals surface area contributed by atoms with E-state index in [1.165, 1.54) is 6.26 Å². The second-order valence-electron chi connectivity index (χ2n) is 4.97. The smallest absolute Gasteiger partial charge is 0.192 e. The quantitative estimate of drug-likeness (QED) is 0.753. The zero-order valence-electron chi connectivity index (χ0n) is 11.0. The van der Waals surface area contributed by atoms with Crippen LogP contribution < -0.4 is 0 Å². The van der Waals surface area contributed by atoms with E-state index >= 15 is 0 Å². The molecule has 0 fully saturated rings. The third-order valence-corrected chi connectivity index (χ3v) is 3.23. The highest BCUT2D eigenvalue weighted by Crippen LogP contribution is 2.22. The Morgan fingerprint density at radius 2 is 2.06 bits per heavy atom. The molecule has 0 radical (unpaired) electrons. The van der Waals surface area contributed by atoms with Crippen LogP contribution in [-0.2, 0) is 4.74 Å². The summed E-state index contributed by atoms with van der Waals surface area (Å²) >= 11 is 0. The number of benzene rings is 1. The minimum atomic E-state index is -0.269. The molecule has 0 atom stereocenters. The number of para-hydroxylation sites is 1. The molecule has 2 rings (SSSR count). The van der Waals surface area contributed by atoms with Crippen LogP contribution in [0.2, 0.25) is 0 Å². The topological polar surface area (TPSA) is 39.4 Å². The van der Waals surface area contributed by atoms with Crippen molar-refractivity contribution < 1.29 is 13.9 Å². The molecule has 1 aromatic heterocycles. The Balaban J connectivity index is 2.14. The minimum Gasteiger partial charge on any atom is -0.464 e. The summed E-state index contributed by atoms with van der Waals surface area (Å²) in [4.78, 5) is 12.1. The second kappa shape index (κ2) is 4.94. The van der Waals surface area contributed by atoms with Crippen LogP contribution in [0.4, 0.5) is 0 Å². The van der Waals surface area contributed by atoms with Gasteiger partial charge in [-0.3, -0.25) is 4.79 Å². The van der Waals surface area contributed by atoms with Crippen LogP contribution in [0.5, 0.6) is 0 Å². The number of carbonyl (C=O) groups is 1. The standard InChI is InChI=1S/C15H18O3/c1-4-15(2,3)18-10-13(16)12-9-17-14-8-6-5-7-11(12)14/h5-9H,4,10H2,1-3H3. The van der Waals surface area contributed by atoms with Crippen molar-refractivity contribution in [2.75, 3.05) is 6.61 Å². The molecule has 0 spiro atoms. The molecule has 96 valence electrons. The maximum atomic E-state index is 12.1. The molecule has 1 heterocycles. The third-order valence-electron chi connectivity index (χ3n) is 3.23. The Kier molecular flexibility index (Phi) is 3.53. The average Bonchev–Trinajstić information content (AvgIpc) is 2.80. The third kappa shape index (κ3) is 2.62. The lowest BCUT2D eigenvalue weighted by Gasteiger charge is -2.22. The van der Waals surface area contributed by atoms with Crippen molar-refractivity contribution in [2.45, 2.75) is 32.8 Å². The molecule has 3 nitrogen and oxygen atoms in total. The Morgan fingerprint density at radius 3 is 2.78 bits per heavy atom. The van der Waals surface area contributed by atoms with Gasteiger partial charge in [-0.1, -0.05) is 25.1 Å². The molecule has 0 saturated carbocycles. The highest BCUT2D eigenvalue weighted by Gasteiger charge is 2.19. The van der Waals surface area contributed by atoms with Gasteiger partial charge in [0.05, 0.1) is 11.2 Å². The van der Waals surface area contributed by atoms with E-state index in [4.69, 9.17) is 9.15 Å². The van der Waals surface area contributed by atoms with Crippen LogP contribution in [0, 0.1) is 0 Å². The fourth-order valence-corrected chi connectivity index (χ4v) is 1.63. The summed E-state index contributed by atoms with van der Waals surface area (Å²) in [5.74, 6) is -0.0403. The number of furan rings is 1. The molecule has 1 aromatic carbocycles. The van der Waals surface area contributed by atoms with Gasteiger partial charge in [-0.2, -0.15) is 0 Å². The number of carbonyl (C=O) groups excluding carboxylic acids is 1. The Hall–Kier alpha value is -1.61. The highest BCUT2D eigenvalue weighted by molar-refractivity contribution is 6.07. The Labute approximate surface area is 107 Å². The number of ketones is 1. The molecule has 0 unspecified atom stereocenters. The fraction of sp³-hybridized carbons (Fsp3) is 0.400. The summed E-state index contributed by atoms with van der Waals surface area (Å²) in [6.45, 7) is 6.09. The molecule has 2 aromatic rings. The van der Waals surface area contributed by atoms with Crippen molar-refractivity contribution in [1.82, 2.24) is 0 Å². The van der Waals surface area contributed by atoms with E-state index < -0.39 is 0 Å². The summed E-state index contributed by atoms with van der Waals surface area (Å²) in [7, 11) is 0. The van der Waals surface area contributed by atoms with E-state index in [0.717, 1.165) is 17.4 Å². The van der Waals surface area contributed by atoms with Gasteiger partial charge in [0.2, 0.25) is 0 Å². The lowest BCUT2D eigenvalue weighted by molar-refractivity contribution is -0.0122. The van der Waals surface area contributed by atoms with Crippen molar-refractivity contribution >= 4 is 16.8 Å². The lowest BCUT2D eigenvalue weighted by Crippen LogP contribution is -2.26. The summed E-state index contributed by atoms with van der Waals surface area (Å²) in [5.41, 5.74) is 1.06. The number of hydrogen-bond donors (Lipinski definition) is 0. The first-order valence-corrected chi connectivity index (χ1v) is 6.17. The van der Waals surface area contributed by atoms with E-state index in [0.29, 0.717) is 5.56 Å². The van der Waals surface area contributed by atoms with Gasteiger partial charge in [0.25, 0.3) is 0 Å². The summed E-state index contributed by atoms with van der Waals surface area (Å²) in [6, 6.07) is 7.52. The molecule has 3 heteroatoms. The van der Waals surface area contributed by atoms with E-state index in [1.807, 2.05) is 45.0 Å². The molecule has 0 aliphatic heterocycles. The Bertz CT molecular complexity index is 552. The second-order valence-corrected chi connectivity index (χ2v) is 4.97. The van der Waals surface area contributed by atoms with Crippen LogP contribution in [-0.4, -0.2) is 18.0 Å². The van der Waals surface area contributed by atoms with Gasteiger partial charge in [0.1, 0.15) is 18.5 Å². The van der Waals surface area contributed by atoms with E-state index in [1.54, 1.807) is 0 Å². The number of rotatable bonds is 5. The molecular weight excluding hydrogens is 228 g/mol. The maximum absolute atomic E-state index is 12.1. The van der Waals surface area contributed by atoms with Crippen molar-refractivity contribution in [2.24, 2.45) is 0 Å². The predicted molar refractivity (Wildman–Crippen MR) is 70.9 cm³/mol. The first-order valence-electron chi connectivity index (χ1n) is 6.17. The van der Waals surface area contributed by atoms with Crippen molar-refractivity contribution in [3.63, 3.8) is 0 Å². The molecule has 18 heavy (non-hydrogen) atoms. The van der Waals surface area contributed by atoms with Gasteiger partial charge in [0.15, 0.2) is 5.78 Å². The number of hydrogen-bond acceptors (Lipinski definition) is 3.